The number of carbonyl (C=O) groups excluding carboxylic acids is 1. The maximum Gasteiger partial charge on any atom is 0.223 e. The van der Waals surface area contributed by atoms with Gasteiger partial charge >= 0.3 is 0 Å². The Hall–Kier alpha value is -2.20. The summed E-state index contributed by atoms with van der Waals surface area (Å²) in [4.78, 5) is 14.3. The minimum absolute atomic E-state index is 0.196. The van der Waals surface area contributed by atoms with Crippen LogP contribution in [0.1, 0.15) is 24.0 Å². The zero-order valence-corrected chi connectivity index (χ0v) is 15.3. The first-order chi connectivity index (χ1) is 12.1. The van der Waals surface area contributed by atoms with Gasteiger partial charge < -0.3 is 14.4 Å². The van der Waals surface area contributed by atoms with Crippen LogP contribution in [0, 0.1) is 0 Å². The molecule has 132 valence electrons. The van der Waals surface area contributed by atoms with Crippen LogP contribution in [0.25, 0.3) is 0 Å². The van der Waals surface area contributed by atoms with Gasteiger partial charge in [0.1, 0.15) is 0 Å². The number of amides is 1. The molecule has 2 aromatic carbocycles. The van der Waals surface area contributed by atoms with Gasteiger partial charge in [0.2, 0.25) is 5.91 Å². The maximum absolute atomic E-state index is 12.3. The lowest BCUT2D eigenvalue weighted by molar-refractivity contribution is -0.129. The molecule has 0 aromatic heterocycles. The smallest absolute Gasteiger partial charge is 0.223 e. The lowest BCUT2D eigenvalue weighted by Crippen LogP contribution is -2.33. The lowest BCUT2D eigenvalue weighted by Gasteiger charge is -2.25. The third-order valence-corrected chi connectivity index (χ3v) is 4.89. The van der Waals surface area contributed by atoms with Crippen LogP contribution in [0.15, 0.2) is 42.5 Å². The largest absolute Gasteiger partial charge is 0.493 e. The zero-order valence-electron chi connectivity index (χ0n) is 14.5. The van der Waals surface area contributed by atoms with Crippen molar-refractivity contribution in [1.29, 1.82) is 0 Å². The van der Waals surface area contributed by atoms with E-state index in [0.29, 0.717) is 29.5 Å². The van der Waals surface area contributed by atoms with Crippen LogP contribution < -0.4 is 9.47 Å². The van der Waals surface area contributed by atoms with Crippen molar-refractivity contribution in [2.75, 3.05) is 14.2 Å². The molecule has 1 saturated heterocycles. The highest BCUT2D eigenvalue weighted by Crippen LogP contribution is 2.30. The molecule has 0 aliphatic carbocycles. The number of ether oxygens (including phenoxy) is 2. The first-order valence-electron chi connectivity index (χ1n) is 8.35. The van der Waals surface area contributed by atoms with Crippen LogP contribution in [-0.4, -0.2) is 31.1 Å². The normalized spacial score (nSPS) is 17.0. The molecule has 0 bridgehead atoms. The highest BCUT2D eigenvalue weighted by atomic mass is 35.5. The van der Waals surface area contributed by atoms with Crippen LogP contribution in [0.2, 0.25) is 5.02 Å². The molecular formula is C20H22ClNO3. The van der Waals surface area contributed by atoms with Gasteiger partial charge in [0, 0.05) is 24.0 Å². The number of rotatable bonds is 6. The summed E-state index contributed by atoms with van der Waals surface area (Å²) in [5, 5.41) is 0.707. The third kappa shape index (κ3) is 4.07. The number of hydrogen-bond acceptors (Lipinski definition) is 3. The van der Waals surface area contributed by atoms with Gasteiger partial charge in [-0.3, -0.25) is 4.79 Å². The fraction of sp³-hybridized carbons (Fsp3) is 0.350. The maximum atomic E-state index is 12.3. The molecular weight excluding hydrogens is 338 g/mol. The second-order valence-corrected chi connectivity index (χ2v) is 6.67. The summed E-state index contributed by atoms with van der Waals surface area (Å²) in [5.41, 5.74) is 2.23. The Morgan fingerprint density at radius 1 is 1.04 bits per heavy atom. The van der Waals surface area contributed by atoms with E-state index in [9.17, 15) is 4.79 Å². The van der Waals surface area contributed by atoms with Crippen LogP contribution in [0.4, 0.5) is 0 Å². The Bertz CT molecular complexity index is 745. The summed E-state index contributed by atoms with van der Waals surface area (Å²) in [7, 11) is 3.26. The van der Waals surface area contributed by atoms with E-state index in [-0.39, 0.29) is 11.9 Å². The molecule has 25 heavy (non-hydrogen) atoms. The molecule has 1 atom stereocenters. The number of benzene rings is 2. The van der Waals surface area contributed by atoms with Crippen molar-refractivity contribution in [3.63, 3.8) is 0 Å². The fourth-order valence-corrected chi connectivity index (χ4v) is 3.41. The Balaban J connectivity index is 1.74. The standard InChI is InChI=1S/C20H22ClNO3/c1-24-18-9-5-15(12-19(18)25-2)11-17-8-10-20(23)22(17)13-14-3-6-16(21)7-4-14/h3-7,9,12,17H,8,10-11,13H2,1-2H3. The molecule has 1 unspecified atom stereocenters. The van der Waals surface area contributed by atoms with Gasteiger partial charge in [-0.25, -0.2) is 0 Å². The molecule has 0 N–H and O–H groups in total. The van der Waals surface area contributed by atoms with Gasteiger partial charge in [0.25, 0.3) is 0 Å². The van der Waals surface area contributed by atoms with Crippen molar-refractivity contribution in [1.82, 2.24) is 4.90 Å². The van der Waals surface area contributed by atoms with E-state index in [2.05, 4.69) is 0 Å². The molecule has 1 amide bonds. The number of nitrogens with zero attached hydrogens (tertiary/aromatic N) is 1. The summed E-state index contributed by atoms with van der Waals surface area (Å²) in [6.45, 7) is 0.619. The van der Waals surface area contributed by atoms with E-state index < -0.39 is 0 Å². The molecule has 3 rings (SSSR count). The number of carbonyl (C=O) groups is 1. The topological polar surface area (TPSA) is 38.8 Å². The summed E-state index contributed by atoms with van der Waals surface area (Å²) < 4.78 is 10.7. The van der Waals surface area contributed by atoms with E-state index in [1.54, 1.807) is 14.2 Å². The van der Waals surface area contributed by atoms with Crippen molar-refractivity contribution in [3.05, 3.63) is 58.6 Å². The SMILES string of the molecule is COc1ccc(CC2CCC(=O)N2Cc2ccc(Cl)cc2)cc1OC. The number of methoxy groups -OCH3 is 2. The molecule has 5 heteroatoms. The Morgan fingerprint density at radius 3 is 2.40 bits per heavy atom. The molecule has 2 aromatic rings. The highest BCUT2D eigenvalue weighted by molar-refractivity contribution is 6.30. The average Bonchev–Trinajstić information content (AvgIpc) is 2.96. The number of hydrogen-bond donors (Lipinski definition) is 0. The van der Waals surface area contributed by atoms with Gasteiger partial charge in [0.15, 0.2) is 11.5 Å². The van der Waals surface area contributed by atoms with Crippen LogP contribution >= 0.6 is 11.6 Å². The predicted molar refractivity (Wildman–Crippen MR) is 98.3 cm³/mol. The Labute approximate surface area is 153 Å². The van der Waals surface area contributed by atoms with Crippen molar-refractivity contribution in [2.24, 2.45) is 0 Å². The third-order valence-electron chi connectivity index (χ3n) is 4.64. The molecule has 0 radical (unpaired) electrons. The minimum Gasteiger partial charge on any atom is -0.493 e. The minimum atomic E-state index is 0.196. The van der Waals surface area contributed by atoms with Crippen molar-refractivity contribution in [3.8, 4) is 11.5 Å². The van der Waals surface area contributed by atoms with Crippen molar-refractivity contribution < 1.29 is 14.3 Å². The predicted octanol–water partition coefficient (Wildman–Crippen LogP) is 4.09. The molecule has 1 aliphatic heterocycles. The summed E-state index contributed by atoms with van der Waals surface area (Å²) in [5.74, 6) is 1.64. The van der Waals surface area contributed by atoms with Crippen LogP contribution in [-0.2, 0) is 17.8 Å². The van der Waals surface area contributed by atoms with Gasteiger partial charge in [-0.15, -0.1) is 0 Å². The van der Waals surface area contributed by atoms with E-state index in [0.717, 1.165) is 24.0 Å². The van der Waals surface area contributed by atoms with E-state index in [1.165, 1.54) is 0 Å². The monoisotopic (exact) mass is 359 g/mol. The first-order valence-corrected chi connectivity index (χ1v) is 8.73. The molecule has 4 nitrogen and oxygen atoms in total. The first kappa shape index (κ1) is 17.6. The van der Waals surface area contributed by atoms with Crippen molar-refractivity contribution in [2.45, 2.75) is 31.8 Å². The van der Waals surface area contributed by atoms with Crippen LogP contribution in [0.3, 0.4) is 0 Å². The highest BCUT2D eigenvalue weighted by Gasteiger charge is 2.31. The second kappa shape index (κ2) is 7.79. The van der Waals surface area contributed by atoms with Gasteiger partial charge in [-0.1, -0.05) is 29.8 Å². The van der Waals surface area contributed by atoms with Crippen molar-refractivity contribution >= 4 is 17.5 Å². The van der Waals surface area contributed by atoms with Gasteiger partial charge in [-0.05, 0) is 48.2 Å². The second-order valence-electron chi connectivity index (χ2n) is 6.23. The number of likely N-dealkylation sites (tertiary alicyclic amines) is 1. The molecule has 1 aliphatic rings. The summed E-state index contributed by atoms with van der Waals surface area (Å²) in [6.07, 6.45) is 2.28. The summed E-state index contributed by atoms with van der Waals surface area (Å²) >= 11 is 5.94. The van der Waals surface area contributed by atoms with E-state index in [4.69, 9.17) is 21.1 Å². The number of halogens is 1. The molecule has 1 heterocycles. The Kier molecular flexibility index (Phi) is 5.49. The molecule has 1 fully saturated rings. The lowest BCUT2D eigenvalue weighted by atomic mass is 10.0. The fourth-order valence-electron chi connectivity index (χ4n) is 3.29. The average molecular weight is 360 g/mol. The van der Waals surface area contributed by atoms with E-state index in [1.807, 2.05) is 47.4 Å². The van der Waals surface area contributed by atoms with Gasteiger partial charge in [-0.2, -0.15) is 0 Å². The molecule has 0 saturated carbocycles. The summed E-state index contributed by atoms with van der Waals surface area (Å²) in [6, 6.07) is 13.8. The Morgan fingerprint density at radius 2 is 1.72 bits per heavy atom. The van der Waals surface area contributed by atoms with E-state index >= 15 is 0 Å². The van der Waals surface area contributed by atoms with Gasteiger partial charge in [0.05, 0.1) is 14.2 Å². The van der Waals surface area contributed by atoms with Crippen LogP contribution in [0.5, 0.6) is 11.5 Å². The quantitative estimate of drug-likeness (QED) is 0.779. The molecule has 0 spiro atoms. The zero-order chi connectivity index (χ0) is 17.8.